The van der Waals surface area contributed by atoms with Crippen molar-refractivity contribution in [3.63, 3.8) is 0 Å². The van der Waals surface area contributed by atoms with Crippen LogP contribution in [-0.2, 0) is 17.8 Å². The molecule has 4 rings (SSSR count). The number of nitrogens with zero attached hydrogens (tertiary/aromatic N) is 5. The molecule has 7 nitrogen and oxygen atoms in total. The molecule has 1 aromatic carbocycles. The van der Waals surface area contributed by atoms with Crippen LogP contribution < -0.4 is 5.32 Å². The van der Waals surface area contributed by atoms with Crippen molar-refractivity contribution < 1.29 is 9.18 Å². The highest BCUT2D eigenvalue weighted by atomic mass is 35.5. The number of nitriles is 1. The van der Waals surface area contributed by atoms with Crippen molar-refractivity contribution in [2.24, 2.45) is 0 Å². The quantitative estimate of drug-likeness (QED) is 0.427. The van der Waals surface area contributed by atoms with Crippen LogP contribution in [0.4, 0.5) is 4.39 Å². The van der Waals surface area contributed by atoms with Gasteiger partial charge in [-0.05, 0) is 37.3 Å². The van der Waals surface area contributed by atoms with Gasteiger partial charge in [-0.3, -0.25) is 19.4 Å². The van der Waals surface area contributed by atoms with E-state index in [9.17, 15) is 9.18 Å². The van der Waals surface area contributed by atoms with Crippen LogP contribution in [0.1, 0.15) is 18.2 Å². The Morgan fingerprint density at radius 1 is 1.21 bits per heavy atom. The van der Waals surface area contributed by atoms with Crippen LogP contribution in [0.5, 0.6) is 0 Å². The zero-order valence-corrected chi connectivity index (χ0v) is 19.0. The van der Waals surface area contributed by atoms with Gasteiger partial charge in [-0.2, -0.15) is 10.4 Å². The molecule has 1 amide bonds. The van der Waals surface area contributed by atoms with Crippen molar-refractivity contribution in [2.45, 2.75) is 25.9 Å². The minimum absolute atomic E-state index is 0.0368. The lowest BCUT2D eigenvalue weighted by atomic mass is 10.1. The van der Waals surface area contributed by atoms with Gasteiger partial charge >= 0.3 is 0 Å². The van der Waals surface area contributed by atoms with E-state index in [4.69, 9.17) is 16.9 Å². The van der Waals surface area contributed by atoms with Crippen molar-refractivity contribution in [1.29, 1.82) is 5.26 Å². The molecule has 9 heteroatoms. The van der Waals surface area contributed by atoms with Crippen LogP contribution in [0.3, 0.4) is 0 Å². The van der Waals surface area contributed by atoms with Gasteiger partial charge in [-0.25, -0.2) is 4.39 Å². The minimum atomic E-state index is -0.692. The average molecular weight is 475 g/mol. The SMILES string of the molecule is C[C@@H](Cn1ccc(-c2cc(F)c(C#N)c(Cl)c2)n1)NC(=O)Cc1ccc(-c2cccnc2)cn1. The van der Waals surface area contributed by atoms with E-state index in [1.807, 2.05) is 31.2 Å². The van der Waals surface area contributed by atoms with E-state index in [-0.39, 0.29) is 29.0 Å². The number of carbonyl (C=O) groups is 1. The molecule has 170 valence electrons. The number of hydrogen-bond acceptors (Lipinski definition) is 5. The number of benzene rings is 1. The van der Waals surface area contributed by atoms with Crippen LogP contribution in [0.2, 0.25) is 5.02 Å². The van der Waals surface area contributed by atoms with Crippen molar-refractivity contribution in [3.05, 3.63) is 89.3 Å². The van der Waals surface area contributed by atoms with Gasteiger partial charge in [0.15, 0.2) is 0 Å². The highest BCUT2D eigenvalue weighted by molar-refractivity contribution is 6.32. The first-order chi connectivity index (χ1) is 16.4. The van der Waals surface area contributed by atoms with Crippen LogP contribution in [0.25, 0.3) is 22.4 Å². The lowest BCUT2D eigenvalue weighted by Crippen LogP contribution is -2.36. The zero-order chi connectivity index (χ0) is 24.1. The summed E-state index contributed by atoms with van der Waals surface area (Å²) in [5.74, 6) is -0.843. The van der Waals surface area contributed by atoms with E-state index in [1.54, 1.807) is 41.6 Å². The molecule has 0 aliphatic carbocycles. The molecule has 0 aliphatic rings. The Morgan fingerprint density at radius 2 is 2.03 bits per heavy atom. The van der Waals surface area contributed by atoms with E-state index in [0.29, 0.717) is 23.5 Å². The third-order valence-electron chi connectivity index (χ3n) is 5.12. The summed E-state index contributed by atoms with van der Waals surface area (Å²) in [4.78, 5) is 20.9. The molecule has 0 unspecified atom stereocenters. The normalized spacial score (nSPS) is 11.6. The Labute approximate surface area is 200 Å². The number of amides is 1. The molecule has 34 heavy (non-hydrogen) atoms. The summed E-state index contributed by atoms with van der Waals surface area (Å²) < 4.78 is 15.7. The molecular weight excluding hydrogens is 455 g/mol. The number of hydrogen-bond donors (Lipinski definition) is 1. The van der Waals surface area contributed by atoms with Gasteiger partial charge in [0.2, 0.25) is 5.91 Å². The fraction of sp³-hybridized carbons (Fsp3) is 0.160. The van der Waals surface area contributed by atoms with Gasteiger partial charge in [-0.15, -0.1) is 0 Å². The lowest BCUT2D eigenvalue weighted by molar-refractivity contribution is -0.121. The van der Waals surface area contributed by atoms with Crippen molar-refractivity contribution >= 4 is 17.5 Å². The summed E-state index contributed by atoms with van der Waals surface area (Å²) >= 11 is 5.99. The van der Waals surface area contributed by atoms with Crippen LogP contribution in [0.15, 0.2) is 67.3 Å². The molecule has 3 heterocycles. The highest BCUT2D eigenvalue weighted by Gasteiger charge is 2.14. The van der Waals surface area contributed by atoms with Gasteiger partial charge in [0.25, 0.3) is 0 Å². The number of pyridine rings is 2. The molecule has 0 saturated heterocycles. The summed E-state index contributed by atoms with van der Waals surface area (Å²) in [5, 5.41) is 16.4. The second-order valence-corrected chi connectivity index (χ2v) is 8.18. The lowest BCUT2D eigenvalue weighted by Gasteiger charge is -2.14. The number of rotatable bonds is 7. The van der Waals surface area contributed by atoms with Crippen LogP contribution in [-0.4, -0.2) is 31.7 Å². The number of aromatic nitrogens is 4. The van der Waals surface area contributed by atoms with Crippen LogP contribution >= 0.6 is 11.6 Å². The second-order valence-electron chi connectivity index (χ2n) is 7.77. The van der Waals surface area contributed by atoms with Crippen molar-refractivity contribution in [2.75, 3.05) is 0 Å². The Morgan fingerprint density at radius 3 is 2.71 bits per heavy atom. The topological polar surface area (TPSA) is 96.5 Å². The van der Waals surface area contributed by atoms with E-state index >= 15 is 0 Å². The third kappa shape index (κ3) is 5.45. The van der Waals surface area contributed by atoms with E-state index in [0.717, 1.165) is 11.1 Å². The minimum Gasteiger partial charge on any atom is -0.351 e. The molecule has 0 saturated carbocycles. The molecular formula is C25H20ClFN6O. The maximum atomic E-state index is 14.0. The monoisotopic (exact) mass is 474 g/mol. The Balaban J connectivity index is 1.33. The first-order valence-corrected chi connectivity index (χ1v) is 10.9. The Kier molecular flexibility index (Phi) is 6.95. The first-order valence-electron chi connectivity index (χ1n) is 10.5. The Bertz CT molecular complexity index is 1330. The smallest absolute Gasteiger partial charge is 0.226 e. The predicted octanol–water partition coefficient (Wildman–Crippen LogP) is 4.42. The predicted molar refractivity (Wildman–Crippen MR) is 126 cm³/mol. The second kappa shape index (κ2) is 10.2. The molecule has 1 N–H and O–H groups in total. The molecule has 0 aliphatic heterocycles. The van der Waals surface area contributed by atoms with E-state index in [2.05, 4.69) is 20.4 Å². The number of nitrogens with one attached hydrogen (secondary N) is 1. The van der Waals surface area contributed by atoms with Gasteiger partial charge in [0.05, 0.1) is 23.7 Å². The molecule has 0 radical (unpaired) electrons. The number of carbonyl (C=O) groups excluding carboxylic acids is 1. The fourth-order valence-electron chi connectivity index (χ4n) is 3.50. The largest absolute Gasteiger partial charge is 0.351 e. The van der Waals surface area contributed by atoms with E-state index < -0.39 is 5.82 Å². The van der Waals surface area contributed by atoms with Crippen molar-refractivity contribution in [3.8, 4) is 28.5 Å². The summed E-state index contributed by atoms with van der Waals surface area (Å²) in [5.41, 5.74) is 3.35. The first kappa shape index (κ1) is 23.1. The zero-order valence-electron chi connectivity index (χ0n) is 18.2. The van der Waals surface area contributed by atoms with Crippen LogP contribution in [0, 0.1) is 17.1 Å². The van der Waals surface area contributed by atoms with Gasteiger partial charge in [-0.1, -0.05) is 23.7 Å². The van der Waals surface area contributed by atoms with Crippen molar-refractivity contribution in [1.82, 2.24) is 25.1 Å². The Hall–Kier alpha value is -4.09. The molecule has 0 bridgehead atoms. The maximum absolute atomic E-state index is 14.0. The van der Waals surface area contributed by atoms with Gasteiger partial charge < -0.3 is 5.32 Å². The molecule has 4 aromatic rings. The summed E-state index contributed by atoms with van der Waals surface area (Å²) in [6.07, 6.45) is 7.10. The molecule has 0 spiro atoms. The summed E-state index contributed by atoms with van der Waals surface area (Å²) in [6, 6.07) is 13.6. The molecule has 0 fully saturated rings. The van der Waals surface area contributed by atoms with Gasteiger partial charge in [0.1, 0.15) is 17.4 Å². The maximum Gasteiger partial charge on any atom is 0.226 e. The highest BCUT2D eigenvalue weighted by Crippen LogP contribution is 2.26. The fourth-order valence-corrected chi connectivity index (χ4v) is 3.75. The number of halogens is 2. The average Bonchev–Trinajstić information content (AvgIpc) is 3.28. The summed E-state index contributed by atoms with van der Waals surface area (Å²) in [7, 11) is 0. The summed E-state index contributed by atoms with van der Waals surface area (Å²) in [6.45, 7) is 2.29. The molecule has 1 atom stereocenters. The van der Waals surface area contributed by atoms with Gasteiger partial charge in [0, 0.05) is 53.2 Å². The molecule has 3 aromatic heterocycles. The third-order valence-corrected chi connectivity index (χ3v) is 5.42. The van der Waals surface area contributed by atoms with E-state index in [1.165, 1.54) is 12.1 Å². The standard InChI is InChI=1S/C25H20ClFN6O/c1-16(15-33-8-6-24(32-33)19-9-22(26)21(12-28)23(27)10-19)31-25(34)11-20-5-4-18(14-30-20)17-3-2-7-29-13-17/h2-10,13-14,16H,11,15H2,1H3,(H,31,34)/t16-/m0/s1.